The molecule has 1 aliphatic rings. The van der Waals surface area contributed by atoms with Crippen molar-refractivity contribution in [1.29, 1.82) is 0 Å². The van der Waals surface area contributed by atoms with E-state index in [-0.39, 0.29) is 12.5 Å². The summed E-state index contributed by atoms with van der Waals surface area (Å²) in [5.41, 5.74) is 0. The molecule has 0 bridgehead atoms. The third-order valence-electron chi connectivity index (χ3n) is 2.88. The summed E-state index contributed by atoms with van der Waals surface area (Å²) in [6.45, 7) is 1.96. The Balaban J connectivity index is 1.88. The fourth-order valence-electron chi connectivity index (χ4n) is 1.88. The first-order valence-electron chi connectivity index (χ1n) is 6.53. The lowest BCUT2D eigenvalue weighted by molar-refractivity contribution is -0.137. The number of aliphatic carboxylic acids is 1. The third-order valence-corrected chi connectivity index (χ3v) is 2.88. The summed E-state index contributed by atoms with van der Waals surface area (Å²) in [5.74, 6) is -0.795. The lowest BCUT2D eigenvalue weighted by Gasteiger charge is -2.10. The second kappa shape index (κ2) is 8.74. The minimum absolute atomic E-state index is 0.155. The SMILES string of the molecule is O=C(O)CCCCNC(=O)NCCC1CCCO1. The molecule has 6 heteroatoms. The Hall–Kier alpha value is -1.30. The van der Waals surface area contributed by atoms with Crippen LogP contribution in [0.2, 0.25) is 0 Å². The molecular formula is C12H22N2O4. The summed E-state index contributed by atoms with van der Waals surface area (Å²) in [5, 5.41) is 13.9. The van der Waals surface area contributed by atoms with E-state index in [2.05, 4.69) is 10.6 Å². The fourth-order valence-corrected chi connectivity index (χ4v) is 1.88. The number of unbranched alkanes of at least 4 members (excludes halogenated alkanes) is 1. The van der Waals surface area contributed by atoms with E-state index in [1.165, 1.54) is 0 Å². The molecule has 1 unspecified atom stereocenters. The Morgan fingerprint density at radius 2 is 2.00 bits per heavy atom. The van der Waals surface area contributed by atoms with E-state index < -0.39 is 5.97 Å². The summed E-state index contributed by atoms with van der Waals surface area (Å²) in [4.78, 5) is 21.6. The minimum atomic E-state index is -0.795. The minimum Gasteiger partial charge on any atom is -0.481 e. The molecule has 0 aromatic carbocycles. The number of nitrogens with one attached hydrogen (secondary N) is 2. The molecule has 1 heterocycles. The average molecular weight is 258 g/mol. The Labute approximate surface area is 107 Å². The zero-order valence-corrected chi connectivity index (χ0v) is 10.6. The Kier molecular flexibility index (Phi) is 7.17. The molecule has 0 radical (unpaired) electrons. The van der Waals surface area contributed by atoms with Crippen molar-refractivity contribution >= 4 is 12.0 Å². The first-order valence-corrected chi connectivity index (χ1v) is 6.53. The third kappa shape index (κ3) is 7.11. The number of rotatable bonds is 8. The normalized spacial score (nSPS) is 18.6. The van der Waals surface area contributed by atoms with E-state index in [9.17, 15) is 9.59 Å². The lowest BCUT2D eigenvalue weighted by atomic mass is 10.2. The molecule has 0 spiro atoms. The van der Waals surface area contributed by atoms with Gasteiger partial charge in [-0.1, -0.05) is 0 Å². The topological polar surface area (TPSA) is 87.7 Å². The summed E-state index contributed by atoms with van der Waals surface area (Å²) in [6, 6.07) is -0.191. The number of carboxylic acid groups (broad SMARTS) is 1. The van der Waals surface area contributed by atoms with Crippen molar-refractivity contribution in [2.75, 3.05) is 19.7 Å². The maximum absolute atomic E-state index is 11.3. The Morgan fingerprint density at radius 3 is 2.67 bits per heavy atom. The number of urea groups is 1. The Bertz CT molecular complexity index is 265. The van der Waals surface area contributed by atoms with Crippen molar-refractivity contribution in [2.24, 2.45) is 0 Å². The molecule has 0 saturated carbocycles. The number of hydrogen-bond acceptors (Lipinski definition) is 3. The summed E-state index contributed by atoms with van der Waals surface area (Å²) < 4.78 is 5.44. The molecule has 1 atom stereocenters. The van der Waals surface area contributed by atoms with Crippen molar-refractivity contribution in [3.8, 4) is 0 Å². The molecule has 2 amide bonds. The van der Waals surface area contributed by atoms with Crippen molar-refractivity contribution in [3.63, 3.8) is 0 Å². The van der Waals surface area contributed by atoms with Crippen LogP contribution in [0.25, 0.3) is 0 Å². The van der Waals surface area contributed by atoms with E-state index in [1.807, 2.05) is 0 Å². The van der Waals surface area contributed by atoms with Crippen molar-refractivity contribution < 1.29 is 19.4 Å². The van der Waals surface area contributed by atoms with Crippen LogP contribution in [0.15, 0.2) is 0 Å². The van der Waals surface area contributed by atoms with Gasteiger partial charge in [0.15, 0.2) is 0 Å². The standard InChI is InChI=1S/C12H22N2O4/c15-11(16)5-1-2-7-13-12(17)14-8-6-10-4-3-9-18-10/h10H,1-9H2,(H,15,16)(H2,13,14,17). The van der Waals surface area contributed by atoms with Gasteiger partial charge in [-0.2, -0.15) is 0 Å². The van der Waals surface area contributed by atoms with Crippen LogP contribution in [0.3, 0.4) is 0 Å². The van der Waals surface area contributed by atoms with Crippen molar-refractivity contribution in [2.45, 2.75) is 44.6 Å². The van der Waals surface area contributed by atoms with E-state index in [4.69, 9.17) is 9.84 Å². The second-order valence-electron chi connectivity index (χ2n) is 4.46. The van der Waals surface area contributed by atoms with Crippen LogP contribution < -0.4 is 10.6 Å². The van der Waals surface area contributed by atoms with Gasteiger partial charge in [0, 0.05) is 26.1 Å². The average Bonchev–Trinajstić information content (AvgIpc) is 2.81. The van der Waals surface area contributed by atoms with Gasteiger partial charge in [0.2, 0.25) is 0 Å². The Morgan fingerprint density at radius 1 is 1.22 bits per heavy atom. The molecular weight excluding hydrogens is 236 g/mol. The van der Waals surface area contributed by atoms with Gasteiger partial charge >= 0.3 is 12.0 Å². The monoisotopic (exact) mass is 258 g/mol. The molecule has 1 fully saturated rings. The molecule has 1 rings (SSSR count). The number of carbonyl (C=O) groups is 2. The van der Waals surface area contributed by atoms with Gasteiger partial charge in [0.25, 0.3) is 0 Å². The highest BCUT2D eigenvalue weighted by atomic mass is 16.5. The maximum atomic E-state index is 11.3. The van der Waals surface area contributed by atoms with Gasteiger partial charge in [-0.15, -0.1) is 0 Å². The molecule has 1 saturated heterocycles. The first-order chi connectivity index (χ1) is 8.68. The number of amides is 2. The quantitative estimate of drug-likeness (QED) is 0.569. The molecule has 3 N–H and O–H groups in total. The van der Waals surface area contributed by atoms with Crippen LogP contribution in [0, 0.1) is 0 Å². The van der Waals surface area contributed by atoms with Gasteiger partial charge in [0.05, 0.1) is 6.10 Å². The van der Waals surface area contributed by atoms with Gasteiger partial charge in [0.1, 0.15) is 0 Å². The van der Waals surface area contributed by atoms with E-state index in [0.717, 1.165) is 25.9 Å². The molecule has 0 aliphatic carbocycles. The lowest BCUT2D eigenvalue weighted by Crippen LogP contribution is -2.37. The highest BCUT2D eigenvalue weighted by Crippen LogP contribution is 2.14. The zero-order valence-electron chi connectivity index (χ0n) is 10.6. The van der Waals surface area contributed by atoms with Crippen molar-refractivity contribution in [1.82, 2.24) is 10.6 Å². The van der Waals surface area contributed by atoms with E-state index in [0.29, 0.717) is 32.0 Å². The van der Waals surface area contributed by atoms with Crippen LogP contribution >= 0.6 is 0 Å². The second-order valence-corrected chi connectivity index (χ2v) is 4.46. The number of carboxylic acids is 1. The summed E-state index contributed by atoms with van der Waals surface area (Å²) >= 11 is 0. The first kappa shape index (κ1) is 14.8. The largest absolute Gasteiger partial charge is 0.481 e. The highest BCUT2D eigenvalue weighted by Gasteiger charge is 2.14. The molecule has 1 aliphatic heterocycles. The van der Waals surface area contributed by atoms with Crippen LogP contribution in [-0.4, -0.2) is 42.9 Å². The predicted molar refractivity (Wildman–Crippen MR) is 66.5 cm³/mol. The number of hydrogen-bond donors (Lipinski definition) is 3. The van der Waals surface area contributed by atoms with Gasteiger partial charge in [-0.25, -0.2) is 4.79 Å². The van der Waals surface area contributed by atoms with E-state index >= 15 is 0 Å². The smallest absolute Gasteiger partial charge is 0.314 e. The van der Waals surface area contributed by atoms with Crippen molar-refractivity contribution in [3.05, 3.63) is 0 Å². The molecule has 0 aromatic heterocycles. The maximum Gasteiger partial charge on any atom is 0.314 e. The zero-order chi connectivity index (χ0) is 13.2. The predicted octanol–water partition coefficient (Wildman–Crippen LogP) is 1.11. The molecule has 6 nitrogen and oxygen atoms in total. The highest BCUT2D eigenvalue weighted by molar-refractivity contribution is 5.73. The molecule has 18 heavy (non-hydrogen) atoms. The number of ether oxygens (including phenoxy) is 1. The van der Waals surface area contributed by atoms with Gasteiger partial charge < -0.3 is 20.5 Å². The van der Waals surface area contributed by atoms with E-state index in [1.54, 1.807) is 0 Å². The molecule has 104 valence electrons. The van der Waals surface area contributed by atoms with Crippen LogP contribution in [0.4, 0.5) is 4.79 Å². The van der Waals surface area contributed by atoms with Gasteiger partial charge in [-0.05, 0) is 32.1 Å². The summed E-state index contributed by atoms with van der Waals surface area (Å²) in [7, 11) is 0. The summed E-state index contributed by atoms with van der Waals surface area (Å²) in [6.07, 6.45) is 4.77. The van der Waals surface area contributed by atoms with Crippen LogP contribution in [0.5, 0.6) is 0 Å². The fraction of sp³-hybridized carbons (Fsp3) is 0.833. The molecule has 0 aromatic rings. The van der Waals surface area contributed by atoms with Crippen LogP contribution in [-0.2, 0) is 9.53 Å². The van der Waals surface area contributed by atoms with Crippen LogP contribution in [0.1, 0.15) is 38.5 Å². The van der Waals surface area contributed by atoms with Gasteiger partial charge in [-0.3, -0.25) is 4.79 Å². The number of carbonyl (C=O) groups excluding carboxylic acids is 1.